The Bertz CT molecular complexity index is 579. The molecule has 0 aromatic heterocycles. The number of carbonyl (C=O) groups is 1. The molecule has 0 fully saturated rings. The van der Waals surface area contributed by atoms with E-state index in [1.807, 2.05) is 56.3 Å². The summed E-state index contributed by atoms with van der Waals surface area (Å²) in [7, 11) is 0. The van der Waals surface area contributed by atoms with Crippen LogP contribution >= 0.6 is 0 Å². The van der Waals surface area contributed by atoms with Gasteiger partial charge in [0, 0.05) is 5.69 Å². The molecule has 110 valence electrons. The van der Waals surface area contributed by atoms with Crippen molar-refractivity contribution in [1.82, 2.24) is 0 Å². The van der Waals surface area contributed by atoms with E-state index in [2.05, 4.69) is 5.32 Å². The van der Waals surface area contributed by atoms with Crippen LogP contribution in [0.5, 0.6) is 11.5 Å². The Morgan fingerprint density at radius 3 is 2.14 bits per heavy atom. The van der Waals surface area contributed by atoms with Crippen molar-refractivity contribution in [1.29, 1.82) is 0 Å². The number of amides is 1. The van der Waals surface area contributed by atoms with E-state index in [1.54, 1.807) is 12.1 Å². The maximum absolute atomic E-state index is 11.9. The Hall–Kier alpha value is -2.33. The number of ether oxygens (including phenoxy) is 1. The average molecular weight is 284 g/mol. The van der Waals surface area contributed by atoms with Crippen molar-refractivity contribution in [3.63, 3.8) is 0 Å². The van der Waals surface area contributed by atoms with Crippen molar-refractivity contribution in [2.75, 3.05) is 5.32 Å². The first-order valence-corrected chi connectivity index (χ1v) is 6.95. The van der Waals surface area contributed by atoms with Crippen LogP contribution in [0.3, 0.4) is 0 Å². The quantitative estimate of drug-likeness (QED) is 0.884. The van der Waals surface area contributed by atoms with Crippen molar-refractivity contribution < 1.29 is 9.53 Å². The number of rotatable bonds is 5. The molecule has 4 heteroatoms. The molecule has 0 saturated heterocycles. The lowest BCUT2D eigenvalue weighted by molar-refractivity contribution is -0.118. The SMILES string of the molecule is CC(C)[C@@H](N)C(=O)Nc1ccc(Oc2ccccc2)cc1. The molecule has 0 saturated carbocycles. The molecule has 2 rings (SSSR count). The molecule has 0 aliphatic rings. The first-order valence-electron chi connectivity index (χ1n) is 6.95. The van der Waals surface area contributed by atoms with Gasteiger partial charge in [-0.15, -0.1) is 0 Å². The van der Waals surface area contributed by atoms with Crippen LogP contribution in [0.25, 0.3) is 0 Å². The molecule has 4 nitrogen and oxygen atoms in total. The summed E-state index contributed by atoms with van der Waals surface area (Å²) in [5.41, 5.74) is 6.51. The number of carbonyl (C=O) groups excluding carboxylic acids is 1. The molecule has 0 spiro atoms. The zero-order chi connectivity index (χ0) is 15.2. The topological polar surface area (TPSA) is 64.4 Å². The van der Waals surface area contributed by atoms with Gasteiger partial charge in [0.1, 0.15) is 11.5 Å². The van der Waals surface area contributed by atoms with Gasteiger partial charge in [0.05, 0.1) is 6.04 Å². The Labute approximate surface area is 124 Å². The minimum atomic E-state index is -0.509. The summed E-state index contributed by atoms with van der Waals surface area (Å²) in [6.45, 7) is 3.84. The van der Waals surface area contributed by atoms with Gasteiger partial charge in [0.15, 0.2) is 0 Å². The van der Waals surface area contributed by atoms with Crippen LogP contribution in [0, 0.1) is 5.92 Å². The van der Waals surface area contributed by atoms with Crippen molar-refractivity contribution >= 4 is 11.6 Å². The van der Waals surface area contributed by atoms with Crippen LogP contribution in [0.2, 0.25) is 0 Å². The Balaban J connectivity index is 1.98. The summed E-state index contributed by atoms with van der Waals surface area (Å²) < 4.78 is 5.69. The Kier molecular flexibility index (Phi) is 4.95. The summed E-state index contributed by atoms with van der Waals surface area (Å²) in [6, 6.07) is 16.2. The monoisotopic (exact) mass is 284 g/mol. The zero-order valence-electron chi connectivity index (χ0n) is 12.2. The van der Waals surface area contributed by atoms with Crippen molar-refractivity contribution in [2.45, 2.75) is 19.9 Å². The highest BCUT2D eigenvalue weighted by molar-refractivity contribution is 5.94. The maximum atomic E-state index is 11.9. The highest BCUT2D eigenvalue weighted by atomic mass is 16.5. The van der Waals surface area contributed by atoms with Gasteiger partial charge >= 0.3 is 0 Å². The lowest BCUT2D eigenvalue weighted by Gasteiger charge is -2.15. The summed E-state index contributed by atoms with van der Waals surface area (Å²) in [4.78, 5) is 11.9. The third kappa shape index (κ3) is 4.33. The maximum Gasteiger partial charge on any atom is 0.241 e. The lowest BCUT2D eigenvalue weighted by Crippen LogP contribution is -2.39. The van der Waals surface area contributed by atoms with Crippen molar-refractivity contribution in [3.8, 4) is 11.5 Å². The van der Waals surface area contributed by atoms with Gasteiger partial charge in [-0.2, -0.15) is 0 Å². The number of hydrogen-bond donors (Lipinski definition) is 2. The Morgan fingerprint density at radius 2 is 1.57 bits per heavy atom. The van der Waals surface area contributed by atoms with Crippen LogP contribution in [0.1, 0.15) is 13.8 Å². The van der Waals surface area contributed by atoms with Crippen LogP contribution in [-0.4, -0.2) is 11.9 Å². The van der Waals surface area contributed by atoms with Gasteiger partial charge in [-0.05, 0) is 42.3 Å². The molecular formula is C17H20N2O2. The molecule has 0 unspecified atom stereocenters. The number of nitrogens with two attached hydrogens (primary N) is 1. The van der Waals surface area contributed by atoms with E-state index in [1.165, 1.54) is 0 Å². The normalized spacial score (nSPS) is 12.0. The molecule has 3 N–H and O–H groups in total. The molecule has 0 bridgehead atoms. The van der Waals surface area contributed by atoms with Gasteiger partial charge in [-0.3, -0.25) is 4.79 Å². The van der Waals surface area contributed by atoms with Gasteiger partial charge in [-0.1, -0.05) is 32.0 Å². The summed E-state index contributed by atoms with van der Waals surface area (Å²) in [5.74, 6) is 1.41. The highest BCUT2D eigenvalue weighted by Gasteiger charge is 2.16. The van der Waals surface area contributed by atoms with Gasteiger partial charge in [0.2, 0.25) is 5.91 Å². The van der Waals surface area contributed by atoms with Crippen LogP contribution in [0.4, 0.5) is 5.69 Å². The van der Waals surface area contributed by atoms with E-state index in [0.717, 1.165) is 5.75 Å². The van der Waals surface area contributed by atoms with E-state index < -0.39 is 6.04 Å². The van der Waals surface area contributed by atoms with E-state index >= 15 is 0 Å². The zero-order valence-corrected chi connectivity index (χ0v) is 12.2. The van der Waals surface area contributed by atoms with Gasteiger partial charge in [-0.25, -0.2) is 0 Å². The molecule has 0 aliphatic carbocycles. The number of benzene rings is 2. The van der Waals surface area contributed by atoms with Crippen LogP contribution < -0.4 is 15.8 Å². The van der Waals surface area contributed by atoms with Crippen molar-refractivity contribution in [2.24, 2.45) is 11.7 Å². The smallest absolute Gasteiger partial charge is 0.241 e. The molecule has 2 aromatic carbocycles. The minimum absolute atomic E-state index is 0.102. The number of anilines is 1. The molecule has 21 heavy (non-hydrogen) atoms. The van der Waals surface area contributed by atoms with Crippen molar-refractivity contribution in [3.05, 3.63) is 54.6 Å². The molecular weight excluding hydrogens is 264 g/mol. The van der Waals surface area contributed by atoms with Gasteiger partial charge in [0.25, 0.3) is 0 Å². The van der Waals surface area contributed by atoms with E-state index in [4.69, 9.17) is 10.5 Å². The highest BCUT2D eigenvalue weighted by Crippen LogP contribution is 2.22. The first kappa shape index (κ1) is 15.1. The summed E-state index contributed by atoms with van der Waals surface area (Å²) in [6.07, 6.45) is 0. The third-order valence-corrected chi connectivity index (χ3v) is 3.12. The summed E-state index contributed by atoms with van der Waals surface area (Å²) >= 11 is 0. The number of hydrogen-bond acceptors (Lipinski definition) is 3. The van der Waals surface area contributed by atoms with Crippen LogP contribution in [0.15, 0.2) is 54.6 Å². The number of para-hydroxylation sites is 1. The number of nitrogens with one attached hydrogen (secondary N) is 1. The average Bonchev–Trinajstić information content (AvgIpc) is 2.49. The minimum Gasteiger partial charge on any atom is -0.457 e. The van der Waals surface area contributed by atoms with E-state index in [0.29, 0.717) is 11.4 Å². The fraction of sp³-hybridized carbons (Fsp3) is 0.235. The largest absolute Gasteiger partial charge is 0.457 e. The third-order valence-electron chi connectivity index (χ3n) is 3.12. The fourth-order valence-electron chi connectivity index (χ4n) is 1.76. The summed E-state index contributed by atoms with van der Waals surface area (Å²) in [5, 5.41) is 2.79. The first-order chi connectivity index (χ1) is 10.1. The molecule has 0 heterocycles. The fourth-order valence-corrected chi connectivity index (χ4v) is 1.76. The molecule has 0 aliphatic heterocycles. The molecule has 2 aromatic rings. The van der Waals surface area contributed by atoms with Crippen LogP contribution in [-0.2, 0) is 4.79 Å². The standard InChI is InChI=1S/C17H20N2O2/c1-12(2)16(18)17(20)19-13-8-10-15(11-9-13)21-14-6-4-3-5-7-14/h3-12,16H,18H2,1-2H3,(H,19,20)/t16-/m1/s1. The molecule has 1 amide bonds. The van der Waals surface area contributed by atoms with E-state index in [9.17, 15) is 4.79 Å². The lowest BCUT2D eigenvalue weighted by atomic mass is 10.1. The molecule has 0 radical (unpaired) electrons. The predicted octanol–water partition coefficient (Wildman–Crippen LogP) is 3.40. The second-order valence-electron chi connectivity index (χ2n) is 5.20. The predicted molar refractivity (Wildman–Crippen MR) is 84.4 cm³/mol. The van der Waals surface area contributed by atoms with E-state index in [-0.39, 0.29) is 11.8 Å². The second-order valence-corrected chi connectivity index (χ2v) is 5.20. The molecule has 1 atom stereocenters. The Morgan fingerprint density at radius 1 is 1.00 bits per heavy atom. The second kappa shape index (κ2) is 6.90. The van der Waals surface area contributed by atoms with Gasteiger partial charge < -0.3 is 15.8 Å².